The van der Waals surface area contributed by atoms with E-state index in [4.69, 9.17) is 18.9 Å². The van der Waals surface area contributed by atoms with Gasteiger partial charge in [0.2, 0.25) is 0 Å². The first-order valence-corrected chi connectivity index (χ1v) is 10.9. The molecule has 2 aliphatic rings. The second-order valence-electron chi connectivity index (χ2n) is 7.68. The zero-order valence-electron chi connectivity index (χ0n) is 17.1. The zero-order chi connectivity index (χ0) is 20.7. The number of fused-ring (bicyclic) bond motifs is 3. The number of methoxy groups -OCH3 is 2. The normalized spacial score (nSPS) is 17.4. The summed E-state index contributed by atoms with van der Waals surface area (Å²) in [7, 11) is 3.26. The summed E-state index contributed by atoms with van der Waals surface area (Å²) in [6, 6.07) is 5.77. The van der Waals surface area contributed by atoms with E-state index in [0.717, 1.165) is 50.6 Å². The van der Waals surface area contributed by atoms with Gasteiger partial charge in [-0.1, -0.05) is 0 Å². The molecule has 8 heteroatoms. The molecule has 1 spiro atoms. The highest BCUT2D eigenvalue weighted by atomic mass is 32.1. The van der Waals surface area contributed by atoms with Crippen LogP contribution in [0.15, 0.2) is 29.3 Å². The van der Waals surface area contributed by atoms with Gasteiger partial charge in [0.05, 0.1) is 39.1 Å². The van der Waals surface area contributed by atoms with Crippen molar-refractivity contribution in [1.29, 1.82) is 0 Å². The van der Waals surface area contributed by atoms with Crippen molar-refractivity contribution >= 4 is 21.6 Å². The maximum Gasteiger partial charge on any atom is 0.262 e. The fourth-order valence-electron chi connectivity index (χ4n) is 4.35. The molecule has 3 aromatic rings. The molecule has 0 amide bonds. The molecule has 0 unspecified atom stereocenters. The Labute approximate surface area is 178 Å². The monoisotopic (exact) mass is 428 g/mol. The summed E-state index contributed by atoms with van der Waals surface area (Å²) in [6.07, 6.45) is 4.60. The molecule has 30 heavy (non-hydrogen) atoms. The summed E-state index contributed by atoms with van der Waals surface area (Å²) in [5.41, 5.74) is 2.19. The molecule has 1 aliphatic carbocycles. The van der Waals surface area contributed by atoms with Crippen molar-refractivity contribution in [3.05, 3.63) is 50.9 Å². The van der Waals surface area contributed by atoms with Crippen LogP contribution in [0.2, 0.25) is 0 Å². The molecule has 3 heterocycles. The molecule has 1 aliphatic heterocycles. The number of hydrogen-bond acceptors (Lipinski definition) is 7. The van der Waals surface area contributed by atoms with E-state index in [1.54, 1.807) is 36.5 Å². The van der Waals surface area contributed by atoms with Crippen LogP contribution in [0.4, 0.5) is 0 Å². The Morgan fingerprint density at radius 2 is 1.90 bits per heavy atom. The molecule has 1 aromatic carbocycles. The molecule has 1 fully saturated rings. The second-order valence-corrected chi connectivity index (χ2v) is 8.77. The third-order valence-corrected chi connectivity index (χ3v) is 7.05. The van der Waals surface area contributed by atoms with E-state index in [1.165, 1.54) is 0 Å². The van der Waals surface area contributed by atoms with Crippen LogP contribution in [0.1, 0.15) is 22.4 Å². The second kappa shape index (κ2) is 7.68. The molecule has 0 atom stereocenters. The molecule has 5 rings (SSSR count). The molecule has 0 N–H and O–H groups in total. The van der Waals surface area contributed by atoms with E-state index in [9.17, 15) is 4.79 Å². The summed E-state index contributed by atoms with van der Waals surface area (Å²) in [5, 5.41) is 0.758. The molecule has 1 saturated heterocycles. The lowest BCUT2D eigenvalue weighted by molar-refractivity contribution is -0.163. The maximum atomic E-state index is 13.3. The molecule has 0 saturated carbocycles. The number of rotatable bonds is 5. The van der Waals surface area contributed by atoms with Crippen molar-refractivity contribution in [2.24, 2.45) is 0 Å². The number of hydrogen-bond donors (Lipinski definition) is 0. The molecule has 7 nitrogen and oxygen atoms in total. The SMILES string of the molecule is COc1cc(CCn2cnc3sc4c(c3c2=O)CCC2(C4)OCCO2)cc(OC)c1. The maximum absolute atomic E-state index is 13.3. The van der Waals surface area contributed by atoms with Gasteiger partial charge in [0.15, 0.2) is 5.79 Å². The first-order valence-electron chi connectivity index (χ1n) is 10.1. The zero-order valence-corrected chi connectivity index (χ0v) is 17.9. The Balaban J connectivity index is 1.43. The summed E-state index contributed by atoms with van der Waals surface area (Å²) < 4.78 is 24.1. The summed E-state index contributed by atoms with van der Waals surface area (Å²) in [4.78, 5) is 19.8. The lowest BCUT2D eigenvalue weighted by atomic mass is 9.92. The van der Waals surface area contributed by atoms with Crippen LogP contribution >= 0.6 is 11.3 Å². The molecule has 0 radical (unpaired) electrons. The van der Waals surface area contributed by atoms with Gasteiger partial charge < -0.3 is 18.9 Å². The van der Waals surface area contributed by atoms with E-state index >= 15 is 0 Å². The van der Waals surface area contributed by atoms with Gasteiger partial charge in [0.25, 0.3) is 5.56 Å². The standard InChI is InChI=1S/C22H24N2O5S/c1-26-15-9-14(10-16(11-15)27-2)4-6-24-13-23-20-19(21(24)25)17-3-5-22(12-18(17)30-20)28-7-8-29-22/h9-11,13H,3-8,12H2,1-2H3. The van der Waals surface area contributed by atoms with E-state index in [0.29, 0.717) is 32.6 Å². The van der Waals surface area contributed by atoms with Crippen molar-refractivity contribution < 1.29 is 18.9 Å². The van der Waals surface area contributed by atoms with Crippen LogP contribution in [0, 0.1) is 0 Å². The van der Waals surface area contributed by atoms with E-state index in [2.05, 4.69) is 4.98 Å². The van der Waals surface area contributed by atoms with Crippen LogP contribution in [0.25, 0.3) is 10.2 Å². The number of benzene rings is 1. The first kappa shape index (κ1) is 19.5. The van der Waals surface area contributed by atoms with Gasteiger partial charge in [0, 0.05) is 30.3 Å². The Morgan fingerprint density at radius 1 is 1.17 bits per heavy atom. The Hall–Kier alpha value is -2.42. The highest BCUT2D eigenvalue weighted by Crippen LogP contribution is 2.41. The molecular weight excluding hydrogens is 404 g/mol. The van der Waals surface area contributed by atoms with Crippen LogP contribution in [-0.2, 0) is 35.3 Å². The van der Waals surface area contributed by atoms with Crippen LogP contribution in [0.5, 0.6) is 11.5 Å². The minimum atomic E-state index is -0.502. The first-order chi connectivity index (χ1) is 14.6. The molecular formula is C22H24N2O5S. The summed E-state index contributed by atoms with van der Waals surface area (Å²) in [6.45, 7) is 1.82. The van der Waals surface area contributed by atoms with Gasteiger partial charge in [-0.15, -0.1) is 11.3 Å². The fourth-order valence-corrected chi connectivity index (χ4v) is 5.61. The van der Waals surface area contributed by atoms with Gasteiger partial charge >= 0.3 is 0 Å². The van der Waals surface area contributed by atoms with Crippen LogP contribution < -0.4 is 15.0 Å². The third kappa shape index (κ3) is 3.38. The van der Waals surface area contributed by atoms with Gasteiger partial charge in [0.1, 0.15) is 16.3 Å². The number of ether oxygens (including phenoxy) is 4. The largest absolute Gasteiger partial charge is 0.497 e. The van der Waals surface area contributed by atoms with Crippen molar-refractivity contribution in [2.45, 2.75) is 38.0 Å². The van der Waals surface area contributed by atoms with E-state index in [1.807, 2.05) is 18.2 Å². The predicted molar refractivity (Wildman–Crippen MR) is 114 cm³/mol. The topological polar surface area (TPSA) is 71.8 Å². The smallest absolute Gasteiger partial charge is 0.262 e. The fraction of sp³-hybridized carbons (Fsp3) is 0.455. The Kier molecular flexibility index (Phi) is 5.00. The van der Waals surface area contributed by atoms with Gasteiger partial charge in [-0.25, -0.2) is 4.98 Å². The Bertz CT molecular complexity index is 1120. The van der Waals surface area contributed by atoms with E-state index < -0.39 is 5.79 Å². The summed E-state index contributed by atoms with van der Waals surface area (Å²) in [5.74, 6) is 0.975. The molecule has 0 bridgehead atoms. The van der Waals surface area contributed by atoms with Gasteiger partial charge in [-0.05, 0) is 36.1 Å². The number of thiophene rings is 1. The van der Waals surface area contributed by atoms with Crippen LogP contribution in [-0.4, -0.2) is 42.8 Å². The summed E-state index contributed by atoms with van der Waals surface area (Å²) >= 11 is 1.59. The highest BCUT2D eigenvalue weighted by molar-refractivity contribution is 7.18. The van der Waals surface area contributed by atoms with Crippen molar-refractivity contribution in [3.8, 4) is 11.5 Å². The Morgan fingerprint density at radius 3 is 2.60 bits per heavy atom. The van der Waals surface area contributed by atoms with Crippen molar-refractivity contribution in [2.75, 3.05) is 27.4 Å². The quantitative estimate of drug-likeness (QED) is 0.622. The van der Waals surface area contributed by atoms with Gasteiger partial charge in [-0.2, -0.15) is 0 Å². The lowest BCUT2D eigenvalue weighted by Gasteiger charge is -2.31. The minimum Gasteiger partial charge on any atom is -0.497 e. The third-order valence-electron chi connectivity index (χ3n) is 5.91. The number of aromatic nitrogens is 2. The average molecular weight is 429 g/mol. The average Bonchev–Trinajstić information content (AvgIpc) is 3.37. The molecule has 158 valence electrons. The van der Waals surface area contributed by atoms with Crippen LogP contribution in [0.3, 0.4) is 0 Å². The lowest BCUT2D eigenvalue weighted by Crippen LogP contribution is -2.36. The molecule has 2 aromatic heterocycles. The van der Waals surface area contributed by atoms with Crippen molar-refractivity contribution in [3.63, 3.8) is 0 Å². The predicted octanol–water partition coefficient (Wildman–Crippen LogP) is 2.95. The number of aryl methyl sites for hydroxylation is 3. The highest BCUT2D eigenvalue weighted by Gasteiger charge is 2.41. The minimum absolute atomic E-state index is 0.0246. The van der Waals surface area contributed by atoms with Gasteiger partial charge in [-0.3, -0.25) is 9.36 Å². The number of nitrogens with zero attached hydrogens (tertiary/aromatic N) is 2. The van der Waals surface area contributed by atoms with Crippen molar-refractivity contribution in [1.82, 2.24) is 9.55 Å². The van der Waals surface area contributed by atoms with E-state index in [-0.39, 0.29) is 5.56 Å².